The van der Waals surface area contributed by atoms with E-state index in [4.69, 9.17) is 21.6 Å². The van der Waals surface area contributed by atoms with Crippen LogP contribution in [0.1, 0.15) is 116 Å². The highest BCUT2D eigenvalue weighted by atomic mass is 35.5. The lowest BCUT2D eigenvalue weighted by molar-refractivity contribution is -0.130. The molecule has 2 aliphatic rings. The summed E-state index contributed by atoms with van der Waals surface area (Å²) in [6.45, 7) is 18.0. The second-order valence-electron chi connectivity index (χ2n) is 12.8. The molecular formula is C38H48ClN5O. The third-order valence-corrected chi connectivity index (χ3v) is 10.2. The molecule has 45 heavy (non-hydrogen) atoms. The Morgan fingerprint density at radius 2 is 1.67 bits per heavy atom. The van der Waals surface area contributed by atoms with Crippen LogP contribution in [0.2, 0.25) is 0 Å². The number of carbonyl (C=O) groups is 1. The molecule has 7 heteroatoms. The summed E-state index contributed by atoms with van der Waals surface area (Å²) in [6, 6.07) is 8.75. The van der Waals surface area contributed by atoms with Crippen molar-refractivity contribution in [3.63, 3.8) is 0 Å². The summed E-state index contributed by atoms with van der Waals surface area (Å²) in [6.07, 6.45) is 7.09. The molecule has 1 amide bonds. The number of fused-ring (bicyclic) bond motifs is 8. The first kappa shape index (κ1) is 32.7. The number of allylic oxidation sites excluding steroid dienone is 2. The molecule has 238 valence electrons. The van der Waals surface area contributed by atoms with Crippen molar-refractivity contribution in [2.75, 3.05) is 19.5 Å². The second-order valence-corrected chi connectivity index (χ2v) is 13.2. The van der Waals surface area contributed by atoms with Gasteiger partial charge in [-0.1, -0.05) is 32.9 Å². The molecule has 0 saturated heterocycles. The van der Waals surface area contributed by atoms with Crippen LogP contribution >= 0.6 is 11.6 Å². The maximum Gasteiger partial charge on any atom is 0.222 e. The molecule has 5 heterocycles. The molecule has 2 N–H and O–H groups in total. The summed E-state index contributed by atoms with van der Waals surface area (Å²) in [5.74, 6) is 1.15. The lowest BCUT2D eigenvalue weighted by Gasteiger charge is -2.20. The lowest BCUT2D eigenvalue weighted by atomic mass is 9.86. The molecule has 0 saturated carbocycles. The number of alkyl halides is 1. The summed E-state index contributed by atoms with van der Waals surface area (Å²) in [5.41, 5.74) is 15.2. The Bertz CT molecular complexity index is 1810. The van der Waals surface area contributed by atoms with Crippen molar-refractivity contribution in [2.24, 2.45) is 0 Å². The minimum Gasteiger partial charge on any atom is -0.355 e. The van der Waals surface area contributed by atoms with Gasteiger partial charge in [0.05, 0.1) is 11.4 Å². The number of carbonyl (C=O) groups excluding carboxylic acids is 1. The van der Waals surface area contributed by atoms with Crippen LogP contribution in [-0.2, 0) is 4.79 Å². The van der Waals surface area contributed by atoms with Crippen LogP contribution in [0.25, 0.3) is 39.3 Å². The van der Waals surface area contributed by atoms with E-state index >= 15 is 0 Å². The monoisotopic (exact) mass is 625 g/mol. The predicted octanol–water partition coefficient (Wildman–Crippen LogP) is 9.76. The van der Waals surface area contributed by atoms with Gasteiger partial charge in [0.1, 0.15) is 0 Å². The van der Waals surface area contributed by atoms with Gasteiger partial charge in [-0.15, -0.1) is 11.6 Å². The average Bonchev–Trinajstić information content (AvgIpc) is 3.72. The third kappa shape index (κ3) is 6.53. The van der Waals surface area contributed by atoms with Gasteiger partial charge >= 0.3 is 0 Å². The zero-order valence-corrected chi connectivity index (χ0v) is 28.8. The maximum absolute atomic E-state index is 13.2. The average molecular weight is 626 g/mol. The highest BCUT2D eigenvalue weighted by Crippen LogP contribution is 2.42. The van der Waals surface area contributed by atoms with Crippen molar-refractivity contribution < 1.29 is 4.79 Å². The first-order valence-corrected chi connectivity index (χ1v) is 17.0. The number of H-pyrrole nitrogens is 2. The predicted molar refractivity (Wildman–Crippen MR) is 191 cm³/mol. The number of amides is 1. The molecule has 5 rings (SSSR count). The summed E-state index contributed by atoms with van der Waals surface area (Å²) >= 11 is 5.84. The minimum absolute atomic E-state index is 0.130. The van der Waals surface area contributed by atoms with Crippen molar-refractivity contribution in [3.8, 4) is 0 Å². The van der Waals surface area contributed by atoms with Crippen LogP contribution in [0.3, 0.4) is 0 Å². The molecule has 0 aliphatic carbocycles. The van der Waals surface area contributed by atoms with E-state index in [9.17, 15) is 4.79 Å². The standard InChI is InChI=1S/C38H48ClN5O/c1-9-27-24(5)33-21-36-28(10-2)23(4)32(41-36)20-34-25(6)29(14-15-37(45)44(8)17-13-11-12-16-39)38(43-34)26(7)31-18-22(3)30(40-31)19-35(27)42-33/h10,18-21,25,29,40-41H,2,9,11-17H2,1,3-8H3/t25-,29-/m0/s1. The molecule has 0 radical (unpaired) electrons. The van der Waals surface area contributed by atoms with Crippen LogP contribution in [0.15, 0.2) is 30.8 Å². The number of aromatic amines is 2. The molecule has 2 aliphatic heterocycles. The number of halogens is 1. The molecule has 3 aromatic rings. The van der Waals surface area contributed by atoms with Gasteiger partial charge in [-0.2, -0.15) is 0 Å². The summed E-state index contributed by atoms with van der Waals surface area (Å²) in [5, 5.41) is 0. The fourth-order valence-electron chi connectivity index (χ4n) is 6.89. The van der Waals surface area contributed by atoms with E-state index < -0.39 is 0 Å². The Hall–Kier alpha value is -3.64. The van der Waals surface area contributed by atoms with Gasteiger partial charge in [0, 0.05) is 76.7 Å². The van der Waals surface area contributed by atoms with Gasteiger partial charge in [0.25, 0.3) is 0 Å². The molecular weight excluding hydrogens is 578 g/mol. The molecule has 6 nitrogen and oxygen atoms in total. The highest BCUT2D eigenvalue weighted by Gasteiger charge is 2.31. The number of rotatable bonds is 10. The molecule has 0 aromatic carbocycles. The van der Waals surface area contributed by atoms with Gasteiger partial charge in [-0.25, -0.2) is 4.98 Å². The van der Waals surface area contributed by atoms with E-state index in [0.29, 0.717) is 12.3 Å². The number of unbranched alkanes of at least 4 members (excludes halogenated alkanes) is 2. The van der Waals surface area contributed by atoms with Crippen LogP contribution in [-0.4, -0.2) is 50.2 Å². The summed E-state index contributed by atoms with van der Waals surface area (Å²) in [4.78, 5) is 32.9. The number of aryl methyl sites for hydroxylation is 3. The van der Waals surface area contributed by atoms with Crippen LogP contribution < -0.4 is 0 Å². The molecule has 2 atom stereocenters. The van der Waals surface area contributed by atoms with E-state index in [1.807, 2.05) is 18.0 Å². The summed E-state index contributed by atoms with van der Waals surface area (Å²) < 4.78 is 0. The van der Waals surface area contributed by atoms with Crippen molar-refractivity contribution in [2.45, 2.75) is 91.9 Å². The fourth-order valence-corrected chi connectivity index (χ4v) is 7.08. The number of nitrogens with zero attached hydrogens (tertiary/aromatic N) is 3. The third-order valence-electron chi connectivity index (χ3n) is 9.90. The Balaban J connectivity index is 1.67. The highest BCUT2D eigenvalue weighted by molar-refractivity contribution is 6.17. The molecule has 8 bridgehead atoms. The van der Waals surface area contributed by atoms with Gasteiger partial charge in [0.15, 0.2) is 0 Å². The maximum atomic E-state index is 13.2. The van der Waals surface area contributed by atoms with Gasteiger partial charge in [-0.05, 0) is 105 Å². The molecule has 0 fully saturated rings. The van der Waals surface area contributed by atoms with E-state index in [1.165, 1.54) is 16.7 Å². The van der Waals surface area contributed by atoms with Crippen molar-refractivity contribution in [3.05, 3.63) is 75.9 Å². The summed E-state index contributed by atoms with van der Waals surface area (Å²) in [7, 11) is 1.92. The Kier molecular flexibility index (Phi) is 10.0. The van der Waals surface area contributed by atoms with Crippen molar-refractivity contribution in [1.82, 2.24) is 24.8 Å². The number of hydrogen-bond donors (Lipinski definition) is 2. The first-order valence-electron chi connectivity index (χ1n) is 16.4. The number of nitrogens with one attached hydrogen (secondary N) is 2. The Morgan fingerprint density at radius 3 is 2.38 bits per heavy atom. The van der Waals surface area contributed by atoms with Crippen molar-refractivity contribution in [1.29, 1.82) is 0 Å². The zero-order valence-electron chi connectivity index (χ0n) is 28.0. The van der Waals surface area contributed by atoms with E-state index in [2.05, 4.69) is 82.4 Å². The van der Waals surface area contributed by atoms with Gasteiger partial charge < -0.3 is 14.9 Å². The van der Waals surface area contributed by atoms with Gasteiger partial charge in [0.2, 0.25) is 5.91 Å². The van der Waals surface area contributed by atoms with E-state index in [-0.39, 0.29) is 17.7 Å². The van der Waals surface area contributed by atoms with Crippen LogP contribution in [0.5, 0.6) is 0 Å². The normalized spacial score (nSPS) is 16.4. The van der Waals surface area contributed by atoms with E-state index in [1.54, 1.807) is 0 Å². The number of aromatic nitrogens is 4. The SMILES string of the molecule is C=Cc1c(C)c2cc3nc(c(C)c4cc(C)c(cc5nc(cc1[nH]2)C(C)=C5CC)[nH]4)[C@@H](CCC(=O)N(C)CCCCCCl)[C@@H]3C. The first-order chi connectivity index (χ1) is 21.6. The van der Waals surface area contributed by atoms with Gasteiger partial charge in [-0.3, -0.25) is 9.78 Å². The van der Waals surface area contributed by atoms with Crippen LogP contribution in [0, 0.1) is 20.8 Å². The van der Waals surface area contributed by atoms with Crippen molar-refractivity contribution >= 4 is 56.8 Å². The molecule has 0 unspecified atom stereocenters. The largest absolute Gasteiger partial charge is 0.355 e. The zero-order chi connectivity index (χ0) is 32.4. The Morgan fingerprint density at radius 1 is 0.956 bits per heavy atom. The molecule has 0 spiro atoms. The Labute approximate surface area is 273 Å². The fraction of sp³-hybridized carbons (Fsp3) is 0.447. The smallest absolute Gasteiger partial charge is 0.222 e. The lowest BCUT2D eigenvalue weighted by Crippen LogP contribution is -2.28. The van der Waals surface area contributed by atoms with E-state index in [0.717, 1.165) is 100 Å². The van der Waals surface area contributed by atoms with Crippen LogP contribution in [0.4, 0.5) is 0 Å². The number of hydrogen-bond acceptors (Lipinski definition) is 3. The quantitative estimate of drug-likeness (QED) is 0.174. The second kappa shape index (κ2) is 13.8. The molecule has 3 aromatic heterocycles. The minimum atomic E-state index is 0.130. The topological polar surface area (TPSA) is 77.7 Å².